The molecule has 2 aromatic carbocycles. The van der Waals surface area contributed by atoms with Crippen LogP contribution in [0, 0.1) is 11.8 Å². The molecule has 1 aliphatic carbocycles. The van der Waals surface area contributed by atoms with Crippen molar-refractivity contribution in [3.63, 3.8) is 0 Å². The molecular weight excluding hydrogens is 422 g/mol. The molecule has 5 heteroatoms. The van der Waals surface area contributed by atoms with Gasteiger partial charge in [-0.1, -0.05) is 56.0 Å². The Balaban J connectivity index is 1.35. The van der Waals surface area contributed by atoms with E-state index in [1.54, 1.807) is 11.0 Å². The topological polar surface area (TPSA) is 52.7 Å². The summed E-state index contributed by atoms with van der Waals surface area (Å²) < 4.78 is 0. The summed E-state index contributed by atoms with van der Waals surface area (Å²) >= 11 is 0. The SMILES string of the molecule is C=CCN(C)CCCCC1CCC(CC(=O)N2c3ccccc3NC(=O)c3ccccc32)CC1. The minimum atomic E-state index is -0.172. The quantitative estimate of drug-likeness (QED) is 0.349. The van der Waals surface area contributed by atoms with Crippen molar-refractivity contribution in [1.82, 2.24) is 4.90 Å². The van der Waals surface area contributed by atoms with E-state index in [2.05, 4.69) is 23.8 Å². The average molecular weight is 460 g/mol. The first-order valence-electron chi connectivity index (χ1n) is 12.7. The van der Waals surface area contributed by atoms with Crippen molar-refractivity contribution in [2.45, 2.75) is 51.4 Å². The molecule has 1 aliphatic heterocycles. The Morgan fingerprint density at radius 3 is 2.47 bits per heavy atom. The first-order chi connectivity index (χ1) is 16.6. The van der Waals surface area contributed by atoms with E-state index in [1.165, 1.54) is 32.1 Å². The van der Waals surface area contributed by atoms with Gasteiger partial charge in [-0.05, 0) is 69.0 Å². The Hall–Kier alpha value is -2.92. The number of anilines is 3. The van der Waals surface area contributed by atoms with E-state index >= 15 is 0 Å². The summed E-state index contributed by atoms with van der Waals surface area (Å²) in [7, 11) is 2.15. The Morgan fingerprint density at radius 1 is 1.03 bits per heavy atom. The number of fused-ring (bicyclic) bond motifs is 2. The fourth-order valence-corrected chi connectivity index (χ4v) is 5.41. The summed E-state index contributed by atoms with van der Waals surface area (Å²) in [5.41, 5.74) is 2.64. The highest BCUT2D eigenvalue weighted by Gasteiger charge is 2.31. The van der Waals surface area contributed by atoms with Gasteiger partial charge in [-0.2, -0.15) is 0 Å². The van der Waals surface area contributed by atoms with Gasteiger partial charge >= 0.3 is 0 Å². The van der Waals surface area contributed by atoms with Crippen molar-refractivity contribution >= 4 is 28.9 Å². The zero-order chi connectivity index (χ0) is 23.9. The van der Waals surface area contributed by atoms with Crippen molar-refractivity contribution in [3.8, 4) is 0 Å². The number of carbonyl (C=O) groups is 2. The molecule has 0 aromatic heterocycles. The summed E-state index contributed by atoms with van der Waals surface area (Å²) in [5, 5.41) is 2.97. The number of hydrogen-bond acceptors (Lipinski definition) is 3. The summed E-state index contributed by atoms with van der Waals surface area (Å²) in [6.07, 6.45) is 10.9. The minimum Gasteiger partial charge on any atom is -0.320 e. The van der Waals surface area contributed by atoms with Crippen molar-refractivity contribution < 1.29 is 9.59 Å². The van der Waals surface area contributed by atoms with Crippen LogP contribution in [0.25, 0.3) is 0 Å². The number of benzene rings is 2. The van der Waals surface area contributed by atoms with E-state index < -0.39 is 0 Å². The molecule has 1 saturated carbocycles. The van der Waals surface area contributed by atoms with Crippen molar-refractivity contribution in [3.05, 3.63) is 66.7 Å². The molecule has 4 rings (SSSR count). The van der Waals surface area contributed by atoms with Gasteiger partial charge in [-0.15, -0.1) is 6.58 Å². The smallest absolute Gasteiger partial charge is 0.257 e. The molecule has 0 spiro atoms. The Bertz CT molecular complexity index is 1010. The first-order valence-corrected chi connectivity index (χ1v) is 12.7. The van der Waals surface area contributed by atoms with Gasteiger partial charge in [0.25, 0.3) is 5.91 Å². The number of nitrogens with one attached hydrogen (secondary N) is 1. The maximum Gasteiger partial charge on any atom is 0.257 e. The third kappa shape index (κ3) is 5.76. The van der Waals surface area contributed by atoms with Crippen LogP contribution in [0.3, 0.4) is 0 Å². The summed E-state index contributed by atoms with van der Waals surface area (Å²) in [6.45, 7) is 5.89. The summed E-state index contributed by atoms with van der Waals surface area (Å²) in [4.78, 5) is 30.5. The lowest BCUT2D eigenvalue weighted by Gasteiger charge is -2.31. The van der Waals surface area contributed by atoms with Crippen LogP contribution < -0.4 is 10.2 Å². The monoisotopic (exact) mass is 459 g/mol. The van der Waals surface area contributed by atoms with Crippen LogP contribution in [-0.4, -0.2) is 36.9 Å². The number of likely N-dealkylation sites (N-methyl/N-ethyl adjacent to an activating group) is 1. The van der Waals surface area contributed by atoms with Crippen molar-refractivity contribution in [2.24, 2.45) is 11.8 Å². The van der Waals surface area contributed by atoms with Crippen LogP contribution in [0.15, 0.2) is 61.2 Å². The number of carbonyl (C=O) groups excluding carboxylic acids is 2. The van der Waals surface area contributed by atoms with Gasteiger partial charge in [0.1, 0.15) is 0 Å². The third-order valence-electron chi connectivity index (χ3n) is 7.30. The number of nitrogens with zero attached hydrogens (tertiary/aromatic N) is 2. The fourth-order valence-electron chi connectivity index (χ4n) is 5.41. The predicted octanol–water partition coefficient (Wildman–Crippen LogP) is 6.40. The van der Waals surface area contributed by atoms with Crippen LogP contribution >= 0.6 is 0 Å². The predicted molar refractivity (Wildman–Crippen MR) is 140 cm³/mol. The molecule has 1 N–H and O–H groups in total. The lowest BCUT2D eigenvalue weighted by Crippen LogP contribution is -2.29. The lowest BCUT2D eigenvalue weighted by molar-refractivity contribution is -0.119. The minimum absolute atomic E-state index is 0.0742. The summed E-state index contributed by atoms with van der Waals surface area (Å²) in [6, 6.07) is 15.0. The molecule has 0 saturated heterocycles. The first kappa shape index (κ1) is 24.2. The van der Waals surface area contributed by atoms with E-state index in [1.807, 2.05) is 48.5 Å². The maximum absolute atomic E-state index is 13.6. The van der Waals surface area contributed by atoms with Gasteiger partial charge in [-0.25, -0.2) is 0 Å². The van der Waals surface area contributed by atoms with Crippen LogP contribution in [0.1, 0.15) is 61.7 Å². The lowest BCUT2D eigenvalue weighted by atomic mass is 9.78. The van der Waals surface area contributed by atoms with Crippen LogP contribution in [-0.2, 0) is 4.79 Å². The molecule has 34 heavy (non-hydrogen) atoms. The highest BCUT2D eigenvalue weighted by molar-refractivity contribution is 6.17. The molecule has 2 aliphatic rings. The molecule has 2 aromatic rings. The van der Waals surface area contributed by atoms with Crippen LogP contribution in [0.5, 0.6) is 0 Å². The van der Waals surface area contributed by atoms with E-state index in [0.717, 1.165) is 37.5 Å². The van der Waals surface area contributed by atoms with Gasteiger partial charge in [-0.3, -0.25) is 14.5 Å². The van der Waals surface area contributed by atoms with E-state index in [9.17, 15) is 9.59 Å². The molecule has 1 fully saturated rings. The Morgan fingerprint density at radius 2 is 1.71 bits per heavy atom. The number of rotatable bonds is 9. The highest BCUT2D eigenvalue weighted by atomic mass is 16.2. The molecule has 0 bridgehead atoms. The molecule has 0 unspecified atom stereocenters. The molecule has 1 heterocycles. The number of para-hydroxylation sites is 3. The normalized spacial score (nSPS) is 19.7. The maximum atomic E-state index is 13.6. The van der Waals surface area contributed by atoms with Gasteiger partial charge in [0.05, 0.1) is 22.6 Å². The molecule has 180 valence electrons. The zero-order valence-corrected chi connectivity index (χ0v) is 20.3. The average Bonchev–Trinajstić information content (AvgIpc) is 2.97. The van der Waals surface area contributed by atoms with Crippen molar-refractivity contribution in [1.29, 1.82) is 0 Å². The second kappa shape index (κ2) is 11.5. The van der Waals surface area contributed by atoms with Gasteiger partial charge in [0, 0.05) is 13.0 Å². The van der Waals surface area contributed by atoms with Gasteiger partial charge in [0.15, 0.2) is 0 Å². The molecule has 0 atom stereocenters. The van der Waals surface area contributed by atoms with E-state index in [-0.39, 0.29) is 11.8 Å². The molecule has 5 nitrogen and oxygen atoms in total. The standard InChI is InChI=1S/C29H37N3O2/c1-3-19-31(2)20-9-8-10-22-15-17-23(18-16-22)21-28(33)32-26-13-6-4-11-24(26)29(34)30-25-12-5-7-14-27(25)32/h3-7,11-14,22-23H,1,8-10,15-21H2,2H3,(H,30,34). The number of unbranched alkanes of at least 4 members (excludes halogenated alkanes) is 1. The van der Waals surface area contributed by atoms with Gasteiger partial charge < -0.3 is 10.2 Å². The van der Waals surface area contributed by atoms with E-state index in [4.69, 9.17) is 0 Å². The van der Waals surface area contributed by atoms with Gasteiger partial charge in [0.2, 0.25) is 5.91 Å². The summed E-state index contributed by atoms with van der Waals surface area (Å²) in [5.74, 6) is 1.10. The largest absolute Gasteiger partial charge is 0.320 e. The zero-order valence-electron chi connectivity index (χ0n) is 20.3. The van der Waals surface area contributed by atoms with Crippen LogP contribution in [0.2, 0.25) is 0 Å². The molecule has 0 radical (unpaired) electrons. The van der Waals surface area contributed by atoms with Crippen LogP contribution in [0.4, 0.5) is 17.1 Å². The molecular formula is C29H37N3O2. The Kier molecular flexibility index (Phi) is 8.17. The highest BCUT2D eigenvalue weighted by Crippen LogP contribution is 2.40. The number of amides is 2. The Labute approximate surface area is 203 Å². The number of hydrogen-bond donors (Lipinski definition) is 1. The molecule has 2 amide bonds. The second-order valence-electron chi connectivity index (χ2n) is 9.86. The fraction of sp³-hybridized carbons (Fsp3) is 0.448. The van der Waals surface area contributed by atoms with E-state index in [0.29, 0.717) is 29.3 Å². The second-order valence-corrected chi connectivity index (χ2v) is 9.86. The van der Waals surface area contributed by atoms with Crippen molar-refractivity contribution in [2.75, 3.05) is 30.4 Å². The third-order valence-corrected chi connectivity index (χ3v) is 7.30.